The van der Waals surface area contributed by atoms with Crippen molar-refractivity contribution in [3.63, 3.8) is 0 Å². The van der Waals surface area contributed by atoms with Crippen molar-refractivity contribution in [2.45, 2.75) is 37.9 Å². The highest BCUT2D eigenvalue weighted by Gasteiger charge is 2.25. The van der Waals surface area contributed by atoms with Crippen LogP contribution in [-0.4, -0.2) is 53.1 Å². The minimum atomic E-state index is -0.572. The van der Waals surface area contributed by atoms with Gasteiger partial charge in [0.1, 0.15) is 18.5 Å². The van der Waals surface area contributed by atoms with E-state index >= 15 is 0 Å². The molecule has 1 aliphatic heterocycles. The van der Waals surface area contributed by atoms with Crippen LogP contribution in [0.3, 0.4) is 0 Å². The summed E-state index contributed by atoms with van der Waals surface area (Å²) in [6, 6.07) is 7.20. The van der Waals surface area contributed by atoms with Crippen molar-refractivity contribution >= 4 is 5.69 Å². The maximum absolute atomic E-state index is 10.1. The molecular formula is C16H26N2O3. The number of hydrogen-bond donors (Lipinski definition) is 3. The Bertz CT molecular complexity index is 451. The Hall–Kier alpha value is -1.30. The van der Waals surface area contributed by atoms with E-state index in [4.69, 9.17) is 10.5 Å². The minimum absolute atomic E-state index is 0.246. The van der Waals surface area contributed by atoms with Crippen molar-refractivity contribution in [1.82, 2.24) is 4.90 Å². The lowest BCUT2D eigenvalue weighted by molar-refractivity contribution is 0.0388. The summed E-state index contributed by atoms with van der Waals surface area (Å²) in [6.07, 6.45) is 1.97. The van der Waals surface area contributed by atoms with E-state index in [0.717, 1.165) is 32.4 Å². The second-order valence-corrected chi connectivity index (χ2v) is 6.19. The predicted molar refractivity (Wildman–Crippen MR) is 83.3 cm³/mol. The third-order valence-electron chi connectivity index (χ3n) is 3.93. The molecule has 118 valence electrons. The van der Waals surface area contributed by atoms with Gasteiger partial charge in [0.2, 0.25) is 0 Å². The van der Waals surface area contributed by atoms with Crippen molar-refractivity contribution in [3.05, 3.63) is 24.3 Å². The van der Waals surface area contributed by atoms with Crippen LogP contribution in [-0.2, 0) is 0 Å². The van der Waals surface area contributed by atoms with Gasteiger partial charge in [0.25, 0.3) is 0 Å². The molecule has 0 aromatic heterocycles. The standard InChI is InChI=1S/C16H26N2O3/c1-16(20)6-3-8-18(9-7-16)11-14(19)12-21-15-5-2-4-13(17)10-15/h2,4-5,10,14,19-20H,3,6-9,11-12,17H2,1H3. The second kappa shape index (κ2) is 7.11. The Morgan fingerprint density at radius 2 is 2.19 bits per heavy atom. The number of benzene rings is 1. The Labute approximate surface area is 126 Å². The van der Waals surface area contributed by atoms with Crippen LogP contribution >= 0.6 is 0 Å². The zero-order valence-electron chi connectivity index (χ0n) is 12.7. The average molecular weight is 294 g/mol. The molecule has 1 fully saturated rings. The second-order valence-electron chi connectivity index (χ2n) is 6.19. The Kier molecular flexibility index (Phi) is 5.45. The summed E-state index contributed by atoms with van der Waals surface area (Å²) in [5.41, 5.74) is 5.76. The molecule has 2 rings (SSSR count). The lowest BCUT2D eigenvalue weighted by atomic mass is 9.98. The van der Waals surface area contributed by atoms with Gasteiger partial charge in [-0.15, -0.1) is 0 Å². The summed E-state index contributed by atoms with van der Waals surface area (Å²) in [5, 5.41) is 20.2. The number of ether oxygens (including phenoxy) is 1. The first-order valence-electron chi connectivity index (χ1n) is 7.56. The summed E-state index contributed by atoms with van der Waals surface area (Å²) in [4.78, 5) is 2.19. The van der Waals surface area contributed by atoms with Crippen LogP contribution in [0, 0.1) is 0 Å². The Morgan fingerprint density at radius 3 is 2.95 bits per heavy atom. The first-order valence-corrected chi connectivity index (χ1v) is 7.56. The number of anilines is 1. The van der Waals surface area contributed by atoms with Gasteiger partial charge in [-0.2, -0.15) is 0 Å². The van der Waals surface area contributed by atoms with E-state index in [0.29, 0.717) is 18.0 Å². The van der Waals surface area contributed by atoms with Crippen LogP contribution in [0.15, 0.2) is 24.3 Å². The van der Waals surface area contributed by atoms with E-state index in [9.17, 15) is 10.2 Å². The number of hydrogen-bond acceptors (Lipinski definition) is 5. The van der Waals surface area contributed by atoms with Crippen molar-refractivity contribution in [2.75, 3.05) is 32.0 Å². The quantitative estimate of drug-likeness (QED) is 0.712. The van der Waals surface area contributed by atoms with Crippen molar-refractivity contribution in [3.8, 4) is 5.75 Å². The first kappa shape index (κ1) is 16.1. The van der Waals surface area contributed by atoms with E-state index in [2.05, 4.69) is 4.90 Å². The predicted octanol–water partition coefficient (Wildman–Crippen LogP) is 1.25. The fourth-order valence-electron chi connectivity index (χ4n) is 2.65. The molecule has 4 N–H and O–H groups in total. The number of aliphatic hydroxyl groups excluding tert-OH is 1. The molecule has 5 heteroatoms. The summed E-state index contributed by atoms with van der Waals surface area (Å²) < 4.78 is 5.56. The number of nitrogens with zero attached hydrogens (tertiary/aromatic N) is 1. The lowest BCUT2D eigenvalue weighted by Crippen LogP contribution is -2.37. The molecule has 0 bridgehead atoms. The molecule has 1 aromatic carbocycles. The molecule has 2 atom stereocenters. The van der Waals surface area contributed by atoms with E-state index < -0.39 is 11.7 Å². The van der Waals surface area contributed by atoms with E-state index in [1.165, 1.54) is 0 Å². The third-order valence-corrected chi connectivity index (χ3v) is 3.93. The number of nitrogen functional groups attached to an aromatic ring is 1. The van der Waals surface area contributed by atoms with Crippen molar-refractivity contribution < 1.29 is 14.9 Å². The van der Waals surface area contributed by atoms with E-state index in [1.54, 1.807) is 12.1 Å². The molecular weight excluding hydrogens is 268 g/mol. The monoisotopic (exact) mass is 294 g/mol. The molecule has 1 aromatic rings. The molecule has 5 nitrogen and oxygen atoms in total. The van der Waals surface area contributed by atoms with Gasteiger partial charge in [-0.25, -0.2) is 0 Å². The summed E-state index contributed by atoms with van der Waals surface area (Å²) in [7, 11) is 0. The molecule has 0 aliphatic carbocycles. The van der Waals surface area contributed by atoms with Crippen LogP contribution in [0.5, 0.6) is 5.75 Å². The molecule has 1 saturated heterocycles. The van der Waals surface area contributed by atoms with Gasteiger partial charge in [-0.1, -0.05) is 6.07 Å². The summed E-state index contributed by atoms with van der Waals surface area (Å²) in [6.45, 7) is 4.42. The van der Waals surface area contributed by atoms with Gasteiger partial charge in [0.05, 0.1) is 5.60 Å². The molecule has 0 saturated carbocycles. The van der Waals surface area contributed by atoms with Gasteiger partial charge in [-0.05, 0) is 44.9 Å². The van der Waals surface area contributed by atoms with Crippen LogP contribution in [0.1, 0.15) is 26.2 Å². The van der Waals surface area contributed by atoms with Gasteiger partial charge in [0, 0.05) is 24.8 Å². The minimum Gasteiger partial charge on any atom is -0.491 e. The number of nitrogens with two attached hydrogens (primary N) is 1. The smallest absolute Gasteiger partial charge is 0.121 e. The maximum Gasteiger partial charge on any atom is 0.121 e. The maximum atomic E-state index is 10.1. The van der Waals surface area contributed by atoms with Crippen LogP contribution in [0.25, 0.3) is 0 Å². The van der Waals surface area contributed by atoms with Gasteiger partial charge >= 0.3 is 0 Å². The zero-order chi connectivity index (χ0) is 15.3. The molecule has 1 aliphatic rings. The Morgan fingerprint density at radius 1 is 1.38 bits per heavy atom. The van der Waals surface area contributed by atoms with Crippen LogP contribution in [0.4, 0.5) is 5.69 Å². The van der Waals surface area contributed by atoms with E-state index in [1.807, 2.05) is 19.1 Å². The highest BCUT2D eigenvalue weighted by Crippen LogP contribution is 2.21. The summed E-state index contributed by atoms with van der Waals surface area (Å²) in [5.74, 6) is 0.674. The molecule has 1 heterocycles. The molecule has 0 radical (unpaired) electrons. The average Bonchev–Trinajstić information content (AvgIpc) is 2.58. The highest BCUT2D eigenvalue weighted by atomic mass is 16.5. The van der Waals surface area contributed by atoms with Crippen LogP contribution < -0.4 is 10.5 Å². The zero-order valence-corrected chi connectivity index (χ0v) is 12.7. The number of aliphatic hydroxyl groups is 2. The van der Waals surface area contributed by atoms with Crippen molar-refractivity contribution in [2.24, 2.45) is 0 Å². The third kappa shape index (κ3) is 5.53. The number of rotatable bonds is 5. The molecule has 2 unspecified atom stereocenters. The van der Waals surface area contributed by atoms with E-state index in [-0.39, 0.29) is 6.61 Å². The number of likely N-dealkylation sites (tertiary alicyclic amines) is 1. The SMILES string of the molecule is CC1(O)CCCN(CC(O)COc2cccc(N)c2)CC1. The highest BCUT2D eigenvalue weighted by molar-refractivity contribution is 5.43. The molecule has 21 heavy (non-hydrogen) atoms. The fraction of sp³-hybridized carbons (Fsp3) is 0.625. The van der Waals surface area contributed by atoms with Crippen molar-refractivity contribution in [1.29, 1.82) is 0 Å². The van der Waals surface area contributed by atoms with Gasteiger partial charge < -0.3 is 25.6 Å². The summed E-state index contributed by atoms with van der Waals surface area (Å²) >= 11 is 0. The molecule has 0 amide bonds. The first-order chi connectivity index (χ1) is 9.94. The fourth-order valence-corrected chi connectivity index (χ4v) is 2.65. The number of β-amino-alcohol motifs (C(OH)–C–C–N with tert-alkyl or cyclic N) is 1. The van der Waals surface area contributed by atoms with Gasteiger partial charge in [-0.3, -0.25) is 0 Å². The lowest BCUT2D eigenvalue weighted by Gasteiger charge is -2.24. The van der Waals surface area contributed by atoms with Crippen LogP contribution in [0.2, 0.25) is 0 Å². The Balaban J connectivity index is 1.75. The largest absolute Gasteiger partial charge is 0.491 e. The topological polar surface area (TPSA) is 79.0 Å². The molecule has 0 spiro atoms. The normalized spacial score (nSPS) is 25.3. The van der Waals surface area contributed by atoms with Gasteiger partial charge in [0.15, 0.2) is 0 Å².